The normalized spacial score (nSPS) is 10.9. The smallest absolute Gasteiger partial charge is 0.264 e. The van der Waals surface area contributed by atoms with Gasteiger partial charge >= 0.3 is 0 Å². The first-order valence-electron chi connectivity index (χ1n) is 7.41. The van der Waals surface area contributed by atoms with Crippen LogP contribution in [0.15, 0.2) is 71.8 Å². The van der Waals surface area contributed by atoms with Gasteiger partial charge in [-0.25, -0.2) is 9.49 Å². The Morgan fingerprint density at radius 1 is 0.917 bits per heavy atom. The number of aromatic amines is 1. The summed E-state index contributed by atoms with van der Waals surface area (Å²) >= 11 is 0. The monoisotopic (exact) mass is 317 g/mol. The van der Waals surface area contributed by atoms with Gasteiger partial charge in [0.15, 0.2) is 0 Å². The van der Waals surface area contributed by atoms with Crippen molar-refractivity contribution in [2.24, 2.45) is 0 Å². The molecule has 116 valence electrons. The number of nitrogens with zero attached hydrogens (tertiary/aromatic N) is 2. The molecule has 0 saturated carbocycles. The molecule has 0 bridgehead atoms. The van der Waals surface area contributed by atoms with Gasteiger partial charge in [0.2, 0.25) is 0 Å². The molecule has 5 heteroatoms. The molecule has 1 N–H and O–H groups in total. The van der Waals surface area contributed by atoms with E-state index >= 15 is 0 Å². The highest BCUT2D eigenvalue weighted by Crippen LogP contribution is 2.31. The highest BCUT2D eigenvalue weighted by atomic mass is 19.1. The van der Waals surface area contributed by atoms with E-state index in [1.165, 1.54) is 18.3 Å². The maximum absolute atomic E-state index is 14.2. The molecule has 0 spiro atoms. The Kier molecular flexibility index (Phi) is 3.39. The molecular formula is C19H12FN3O. The van der Waals surface area contributed by atoms with Crippen LogP contribution in [0.25, 0.3) is 33.2 Å². The van der Waals surface area contributed by atoms with Gasteiger partial charge in [0.05, 0.1) is 11.9 Å². The van der Waals surface area contributed by atoms with E-state index < -0.39 is 5.82 Å². The maximum Gasteiger partial charge on any atom is 0.264 e. The first-order chi connectivity index (χ1) is 11.7. The van der Waals surface area contributed by atoms with Crippen molar-refractivity contribution >= 4 is 10.8 Å². The number of hydrogen-bond donors (Lipinski definition) is 1. The van der Waals surface area contributed by atoms with E-state index in [0.717, 1.165) is 22.5 Å². The van der Waals surface area contributed by atoms with E-state index in [2.05, 4.69) is 15.2 Å². The minimum Gasteiger partial charge on any atom is -0.268 e. The fourth-order valence-corrected chi connectivity index (χ4v) is 2.76. The van der Waals surface area contributed by atoms with Crippen LogP contribution in [0.3, 0.4) is 0 Å². The first kappa shape index (κ1) is 14.3. The summed E-state index contributed by atoms with van der Waals surface area (Å²) in [5, 5.41) is 8.73. The second kappa shape index (κ2) is 5.70. The molecule has 24 heavy (non-hydrogen) atoms. The summed E-state index contributed by atoms with van der Waals surface area (Å²) in [6, 6.07) is 16.7. The second-order valence-corrected chi connectivity index (χ2v) is 5.41. The summed E-state index contributed by atoms with van der Waals surface area (Å²) < 4.78 is 14.2. The molecular weight excluding hydrogens is 305 g/mol. The number of pyridine rings is 1. The summed E-state index contributed by atoms with van der Waals surface area (Å²) in [4.78, 5) is 15.5. The number of rotatable bonds is 2. The fraction of sp³-hybridized carbons (Fsp3) is 0. The van der Waals surface area contributed by atoms with Crippen molar-refractivity contribution in [3.05, 3.63) is 83.2 Å². The number of benzene rings is 2. The molecule has 2 aromatic carbocycles. The molecule has 0 aliphatic rings. The summed E-state index contributed by atoms with van der Waals surface area (Å²) in [7, 11) is 0. The average Bonchev–Trinajstić information content (AvgIpc) is 2.62. The lowest BCUT2D eigenvalue weighted by atomic mass is 9.98. The fourth-order valence-electron chi connectivity index (χ4n) is 2.76. The van der Waals surface area contributed by atoms with Crippen molar-refractivity contribution in [1.82, 2.24) is 15.2 Å². The molecule has 4 nitrogen and oxygen atoms in total. The second-order valence-electron chi connectivity index (χ2n) is 5.41. The zero-order chi connectivity index (χ0) is 16.5. The highest BCUT2D eigenvalue weighted by molar-refractivity contribution is 5.89. The minimum atomic E-state index is -0.494. The van der Waals surface area contributed by atoms with Crippen molar-refractivity contribution in [3.63, 3.8) is 0 Å². The maximum atomic E-state index is 14.2. The van der Waals surface area contributed by atoms with E-state index in [4.69, 9.17) is 0 Å². The molecule has 0 atom stereocenters. The summed E-state index contributed by atoms with van der Waals surface area (Å²) in [6.07, 6.45) is 2.62. The van der Waals surface area contributed by atoms with Crippen molar-refractivity contribution in [1.29, 1.82) is 0 Å². The Balaban J connectivity index is 1.98. The van der Waals surface area contributed by atoms with Crippen molar-refractivity contribution < 1.29 is 4.39 Å². The molecule has 4 rings (SSSR count). The van der Waals surface area contributed by atoms with Crippen molar-refractivity contribution in [3.8, 4) is 22.4 Å². The highest BCUT2D eigenvalue weighted by Gasteiger charge is 2.14. The van der Waals surface area contributed by atoms with Gasteiger partial charge < -0.3 is 0 Å². The lowest BCUT2D eigenvalue weighted by Gasteiger charge is -2.09. The van der Waals surface area contributed by atoms with Crippen LogP contribution in [-0.4, -0.2) is 15.2 Å². The molecule has 0 fully saturated rings. The average molecular weight is 317 g/mol. The van der Waals surface area contributed by atoms with Crippen LogP contribution in [-0.2, 0) is 0 Å². The van der Waals surface area contributed by atoms with Gasteiger partial charge in [0.1, 0.15) is 5.82 Å². The largest absolute Gasteiger partial charge is 0.268 e. The van der Waals surface area contributed by atoms with E-state index in [-0.39, 0.29) is 5.56 Å². The Morgan fingerprint density at radius 3 is 2.58 bits per heavy atom. The summed E-state index contributed by atoms with van der Waals surface area (Å²) in [5.74, 6) is -0.494. The van der Waals surface area contributed by atoms with Gasteiger partial charge in [-0.2, -0.15) is 5.10 Å². The molecule has 0 amide bonds. The van der Waals surface area contributed by atoms with Crippen LogP contribution in [0.2, 0.25) is 0 Å². The number of fused-ring (bicyclic) bond motifs is 1. The van der Waals surface area contributed by atoms with E-state index in [9.17, 15) is 9.18 Å². The molecule has 0 unspecified atom stereocenters. The van der Waals surface area contributed by atoms with Crippen LogP contribution in [0.1, 0.15) is 0 Å². The van der Waals surface area contributed by atoms with Crippen LogP contribution >= 0.6 is 0 Å². The Bertz CT molecular complexity index is 1100. The molecule has 0 aliphatic heterocycles. The molecule has 4 aromatic rings. The van der Waals surface area contributed by atoms with Crippen LogP contribution in [0, 0.1) is 5.82 Å². The van der Waals surface area contributed by atoms with Crippen LogP contribution in [0.4, 0.5) is 4.39 Å². The molecule has 2 aromatic heterocycles. The lowest BCUT2D eigenvalue weighted by Crippen LogP contribution is -2.09. The van der Waals surface area contributed by atoms with E-state index in [0.29, 0.717) is 16.8 Å². The summed E-state index contributed by atoms with van der Waals surface area (Å²) in [6.45, 7) is 0. The van der Waals surface area contributed by atoms with Crippen LogP contribution < -0.4 is 5.56 Å². The van der Waals surface area contributed by atoms with E-state index in [1.54, 1.807) is 0 Å². The van der Waals surface area contributed by atoms with Gasteiger partial charge in [-0.15, -0.1) is 0 Å². The Morgan fingerprint density at radius 2 is 1.75 bits per heavy atom. The SMILES string of the molecule is O=c1cc(-c2ccncc2F)c(-c2ccc3ccccc3c2)n[nH]1. The van der Waals surface area contributed by atoms with Gasteiger partial charge in [-0.05, 0) is 22.9 Å². The van der Waals surface area contributed by atoms with Gasteiger partial charge in [0, 0.05) is 29.0 Å². The standard InChI is InChI=1S/C19H12FN3O/c20-17-11-21-8-7-15(17)16-10-18(24)22-23-19(16)14-6-5-12-3-1-2-4-13(12)9-14/h1-11H,(H,22,24). The molecule has 2 heterocycles. The van der Waals surface area contributed by atoms with Gasteiger partial charge in [-0.1, -0.05) is 36.4 Å². The van der Waals surface area contributed by atoms with Crippen LogP contribution in [0.5, 0.6) is 0 Å². The number of H-pyrrole nitrogens is 1. The summed E-state index contributed by atoms with van der Waals surface area (Å²) in [5.41, 5.74) is 1.67. The molecule has 0 aliphatic carbocycles. The third kappa shape index (κ3) is 2.46. The van der Waals surface area contributed by atoms with E-state index in [1.807, 2.05) is 42.5 Å². The quantitative estimate of drug-likeness (QED) is 0.612. The molecule has 0 radical (unpaired) electrons. The van der Waals surface area contributed by atoms with Crippen molar-refractivity contribution in [2.45, 2.75) is 0 Å². The zero-order valence-electron chi connectivity index (χ0n) is 12.5. The third-order valence-electron chi connectivity index (χ3n) is 3.89. The topological polar surface area (TPSA) is 58.6 Å². The number of hydrogen-bond acceptors (Lipinski definition) is 3. The first-order valence-corrected chi connectivity index (χ1v) is 7.41. The number of halogens is 1. The van der Waals surface area contributed by atoms with Gasteiger partial charge in [0.25, 0.3) is 5.56 Å². The minimum absolute atomic E-state index is 0.298. The lowest BCUT2D eigenvalue weighted by molar-refractivity contribution is 0.625. The van der Waals surface area contributed by atoms with Crippen molar-refractivity contribution in [2.75, 3.05) is 0 Å². The predicted molar refractivity (Wildman–Crippen MR) is 91.0 cm³/mol. The predicted octanol–water partition coefficient (Wildman–Crippen LogP) is 3.79. The molecule has 0 saturated heterocycles. The number of aromatic nitrogens is 3. The Labute approximate surface area is 136 Å². The Hall–Kier alpha value is -3.34. The third-order valence-corrected chi connectivity index (χ3v) is 3.89. The van der Waals surface area contributed by atoms with Gasteiger partial charge in [-0.3, -0.25) is 9.78 Å². The number of nitrogens with one attached hydrogen (secondary N) is 1. The zero-order valence-corrected chi connectivity index (χ0v) is 12.5.